The summed E-state index contributed by atoms with van der Waals surface area (Å²) in [5.74, 6) is -1.73. The van der Waals surface area contributed by atoms with Gasteiger partial charge in [-0.3, -0.25) is 9.59 Å². The van der Waals surface area contributed by atoms with Crippen LogP contribution in [-0.4, -0.2) is 105 Å². The number of aliphatic hydroxyl groups is 2. The number of rotatable bonds is 8. The molecule has 2 saturated heterocycles. The fourth-order valence-corrected chi connectivity index (χ4v) is 9.16. The van der Waals surface area contributed by atoms with Crippen molar-refractivity contribution < 1.29 is 38.8 Å². The lowest BCUT2D eigenvalue weighted by Crippen LogP contribution is -2.87. The smallest absolute Gasteiger partial charge is 0.410 e. The van der Waals surface area contributed by atoms with Crippen molar-refractivity contribution in [3.05, 3.63) is 12.7 Å². The molecular formula is C34H57ClN2O8. The van der Waals surface area contributed by atoms with Crippen LogP contribution >= 0.6 is 12.4 Å². The monoisotopic (exact) mass is 656 g/mol. The molecule has 9 atom stereocenters. The van der Waals surface area contributed by atoms with Crippen molar-refractivity contribution in [1.82, 2.24) is 9.80 Å². The lowest BCUT2D eigenvalue weighted by Gasteiger charge is -2.71. The molecule has 4 aliphatic rings. The third-order valence-electron chi connectivity index (χ3n) is 11.7. The van der Waals surface area contributed by atoms with Gasteiger partial charge in [0.15, 0.2) is 17.5 Å². The highest BCUT2D eigenvalue weighted by molar-refractivity contribution is 5.92. The fraction of sp³-hybridized carbons (Fsp3) is 0.853. The summed E-state index contributed by atoms with van der Waals surface area (Å²) in [6.07, 6.45) is 1.45. The Morgan fingerprint density at radius 2 is 1.71 bits per heavy atom. The Hall–Kier alpha value is -1.72. The van der Waals surface area contributed by atoms with Gasteiger partial charge in [-0.25, -0.2) is 4.79 Å². The third-order valence-corrected chi connectivity index (χ3v) is 11.7. The number of piperidine rings is 1. The third kappa shape index (κ3) is 6.07. The molecule has 2 saturated carbocycles. The van der Waals surface area contributed by atoms with E-state index in [4.69, 9.17) is 14.2 Å². The first kappa shape index (κ1) is 37.7. The summed E-state index contributed by atoms with van der Waals surface area (Å²) in [6.45, 7) is 21.1. The maximum absolute atomic E-state index is 14.3. The van der Waals surface area contributed by atoms with Gasteiger partial charge in [-0.15, -0.1) is 19.0 Å². The molecule has 0 aromatic heterocycles. The number of fused-ring (bicyclic) bond motifs is 3. The molecule has 0 spiro atoms. The SMILES string of the molecule is C=C[C@@]1(C)CC(=O)[C@]2(O)[C@@]3(C)[C@@H](O)CCC(C)(C)[C@@H]3[C@H](OC(=O)CC(C)N3CCCCC3)[C@H](OC(=O)N(CC)CC)[C@@]2(C)O1.Cl. The molecule has 1 unspecified atom stereocenters. The Kier molecular flexibility index (Phi) is 11.3. The second kappa shape index (κ2) is 13.4. The van der Waals surface area contributed by atoms with Gasteiger partial charge in [0.05, 0.1) is 18.1 Å². The van der Waals surface area contributed by atoms with Crippen molar-refractivity contribution in [3.63, 3.8) is 0 Å². The van der Waals surface area contributed by atoms with E-state index in [9.17, 15) is 24.6 Å². The highest BCUT2D eigenvalue weighted by Crippen LogP contribution is 2.67. The Morgan fingerprint density at radius 1 is 1.11 bits per heavy atom. The molecule has 2 N–H and O–H groups in total. The summed E-state index contributed by atoms with van der Waals surface area (Å²) in [4.78, 5) is 45.6. The lowest BCUT2D eigenvalue weighted by atomic mass is 9.39. The summed E-state index contributed by atoms with van der Waals surface area (Å²) >= 11 is 0. The van der Waals surface area contributed by atoms with Crippen molar-refractivity contribution in [2.24, 2.45) is 16.7 Å². The van der Waals surface area contributed by atoms with E-state index in [1.54, 1.807) is 20.8 Å². The minimum Gasteiger partial charge on any atom is -0.458 e. The normalized spacial score (nSPS) is 40.2. The molecule has 0 aromatic carbocycles. The molecule has 4 rings (SSSR count). The van der Waals surface area contributed by atoms with Gasteiger partial charge in [-0.05, 0) is 78.8 Å². The standard InChI is InChI=1S/C34H56N2O8.ClH/c1-10-31(7)21-24(38)34(41)32(8)23(37)16-17-30(5,6)27(32)26(42-25(39)20-22(4)36-18-14-13-15-19-36)28(33(34,9)44-31)43-29(40)35(11-2)12-3;/h10,22-23,26-28,37,41H,1,11-21H2,2-9H3;1H/t22?,23-,26-,27-,28-,31-,32-,33+,34-;/m0./s1. The Labute approximate surface area is 275 Å². The van der Waals surface area contributed by atoms with E-state index in [0.29, 0.717) is 25.9 Å². The molecule has 2 aliphatic carbocycles. The van der Waals surface area contributed by atoms with Gasteiger partial charge in [-0.1, -0.05) is 33.3 Å². The molecule has 0 bridgehead atoms. The quantitative estimate of drug-likeness (QED) is 0.283. The predicted octanol–water partition coefficient (Wildman–Crippen LogP) is 4.67. The fourth-order valence-electron chi connectivity index (χ4n) is 9.16. The van der Waals surface area contributed by atoms with Gasteiger partial charge in [-0.2, -0.15) is 0 Å². The van der Waals surface area contributed by atoms with Crippen molar-refractivity contribution in [2.45, 2.75) is 141 Å². The van der Waals surface area contributed by atoms with E-state index in [-0.39, 0.29) is 31.3 Å². The number of likely N-dealkylation sites (tertiary alicyclic amines) is 1. The van der Waals surface area contributed by atoms with E-state index in [1.807, 2.05) is 34.6 Å². The first-order valence-corrected chi connectivity index (χ1v) is 16.6. The number of halogens is 1. The number of amides is 1. The van der Waals surface area contributed by atoms with E-state index in [0.717, 1.165) is 25.9 Å². The van der Waals surface area contributed by atoms with Crippen molar-refractivity contribution in [3.8, 4) is 0 Å². The Balaban J connectivity index is 0.00000552. The first-order valence-electron chi connectivity index (χ1n) is 16.6. The van der Waals surface area contributed by atoms with Crippen LogP contribution < -0.4 is 0 Å². The Bertz CT molecular complexity index is 1130. The van der Waals surface area contributed by atoms with Crippen molar-refractivity contribution in [1.29, 1.82) is 0 Å². The number of nitrogens with zero attached hydrogens (tertiary/aromatic N) is 2. The maximum Gasteiger partial charge on any atom is 0.410 e. The predicted molar refractivity (Wildman–Crippen MR) is 173 cm³/mol. The molecule has 2 aliphatic heterocycles. The van der Waals surface area contributed by atoms with Crippen LogP contribution in [0.15, 0.2) is 12.7 Å². The van der Waals surface area contributed by atoms with Crippen molar-refractivity contribution in [2.75, 3.05) is 26.2 Å². The van der Waals surface area contributed by atoms with Gasteiger partial charge in [0.1, 0.15) is 11.7 Å². The highest BCUT2D eigenvalue weighted by atomic mass is 35.5. The van der Waals surface area contributed by atoms with Crippen LogP contribution in [-0.2, 0) is 23.8 Å². The average Bonchev–Trinajstić information content (AvgIpc) is 2.96. The Morgan fingerprint density at radius 3 is 2.27 bits per heavy atom. The van der Waals surface area contributed by atoms with E-state index >= 15 is 0 Å². The maximum atomic E-state index is 14.3. The van der Waals surface area contributed by atoms with Crippen LogP contribution in [0.3, 0.4) is 0 Å². The topological polar surface area (TPSA) is 126 Å². The van der Waals surface area contributed by atoms with E-state index < -0.39 is 69.7 Å². The second-order valence-electron chi connectivity index (χ2n) is 14.9. The van der Waals surface area contributed by atoms with Gasteiger partial charge in [0.25, 0.3) is 0 Å². The number of aliphatic hydroxyl groups excluding tert-OH is 1. The van der Waals surface area contributed by atoms with Crippen LogP contribution in [0.4, 0.5) is 4.79 Å². The zero-order chi connectivity index (χ0) is 32.9. The summed E-state index contributed by atoms with van der Waals surface area (Å²) in [7, 11) is 0. The zero-order valence-corrected chi connectivity index (χ0v) is 29.4. The molecule has 4 fully saturated rings. The molecule has 10 nitrogen and oxygen atoms in total. The minimum atomic E-state index is -2.28. The minimum absolute atomic E-state index is 0. The number of carbonyl (C=O) groups is 3. The molecule has 1 amide bonds. The van der Waals surface area contributed by atoms with E-state index in [2.05, 4.69) is 11.5 Å². The number of hydrogen-bond donors (Lipinski definition) is 2. The number of ether oxygens (including phenoxy) is 3. The van der Waals surface area contributed by atoms with Crippen LogP contribution in [0.5, 0.6) is 0 Å². The lowest BCUT2D eigenvalue weighted by molar-refractivity contribution is -0.369. The van der Waals surface area contributed by atoms with Gasteiger partial charge in [0, 0.05) is 36.9 Å². The molecule has 0 radical (unpaired) electrons. The van der Waals surface area contributed by atoms with Gasteiger partial charge in [0.2, 0.25) is 0 Å². The van der Waals surface area contributed by atoms with Crippen LogP contribution in [0.2, 0.25) is 0 Å². The zero-order valence-electron chi connectivity index (χ0n) is 28.6. The van der Waals surface area contributed by atoms with Crippen LogP contribution in [0.25, 0.3) is 0 Å². The molecule has 2 heterocycles. The summed E-state index contributed by atoms with van der Waals surface area (Å²) in [5, 5.41) is 24.7. The number of ketones is 1. The molecular weight excluding hydrogens is 600 g/mol. The van der Waals surface area contributed by atoms with E-state index in [1.165, 1.54) is 17.4 Å². The summed E-state index contributed by atoms with van der Waals surface area (Å²) < 4.78 is 19.4. The van der Waals surface area contributed by atoms with Crippen LogP contribution in [0, 0.1) is 16.7 Å². The largest absolute Gasteiger partial charge is 0.458 e. The van der Waals surface area contributed by atoms with Gasteiger partial charge < -0.3 is 34.2 Å². The number of esters is 1. The molecule has 0 aromatic rings. The first-order chi connectivity index (χ1) is 20.5. The van der Waals surface area contributed by atoms with Crippen LogP contribution in [0.1, 0.15) is 100 Å². The summed E-state index contributed by atoms with van der Waals surface area (Å²) in [6, 6.07) is -0.0523. The average molecular weight is 657 g/mol. The second-order valence-corrected chi connectivity index (χ2v) is 14.9. The molecule has 11 heteroatoms. The molecule has 45 heavy (non-hydrogen) atoms. The highest BCUT2D eigenvalue weighted by Gasteiger charge is 2.82. The number of Topliss-reactive ketones (excluding diaryl/α,β-unsaturated/α-hetero) is 1. The van der Waals surface area contributed by atoms with Crippen molar-refractivity contribution >= 4 is 30.3 Å². The number of carbonyl (C=O) groups excluding carboxylic acids is 3. The molecule has 258 valence electrons. The number of hydrogen-bond acceptors (Lipinski definition) is 9. The van der Waals surface area contributed by atoms with Gasteiger partial charge >= 0.3 is 12.1 Å². The summed E-state index contributed by atoms with van der Waals surface area (Å²) in [5.41, 5.74) is -7.48.